The highest BCUT2D eigenvalue weighted by Gasteiger charge is 2.40. The Morgan fingerprint density at radius 3 is 2.22 bits per heavy atom. The maximum absolute atomic E-state index is 12.2. The van der Waals surface area contributed by atoms with Gasteiger partial charge in [0.25, 0.3) is 0 Å². The Hall–Kier alpha value is -1.35. The molecule has 0 amide bonds. The number of rotatable bonds is 4. The number of hydrogen-bond donors (Lipinski definition) is 0. The van der Waals surface area contributed by atoms with Crippen LogP contribution in [-0.4, -0.2) is 36.1 Å². The molecular weight excluding hydrogens is 286 g/mol. The smallest absolute Gasteiger partial charge is 0.306 e. The van der Waals surface area contributed by atoms with E-state index in [1.807, 2.05) is 6.92 Å². The second kappa shape index (κ2) is 7.04. The van der Waals surface area contributed by atoms with Crippen LogP contribution in [0.1, 0.15) is 58.1 Å². The van der Waals surface area contributed by atoms with Gasteiger partial charge in [-0.1, -0.05) is 29.8 Å². The van der Waals surface area contributed by atoms with Gasteiger partial charge in [0.05, 0.1) is 13.0 Å². The first kappa shape index (κ1) is 18.0. The van der Waals surface area contributed by atoms with Gasteiger partial charge in [0, 0.05) is 11.0 Å². The lowest BCUT2D eigenvalue weighted by Gasteiger charge is -2.46. The summed E-state index contributed by atoms with van der Waals surface area (Å²) in [5.41, 5.74) is 2.64. The number of esters is 1. The lowest BCUT2D eigenvalue weighted by Crippen LogP contribution is -2.51. The normalized spacial score (nSPS) is 18.7. The minimum Gasteiger partial charge on any atom is -0.466 e. The van der Waals surface area contributed by atoms with E-state index in [2.05, 4.69) is 56.9 Å². The summed E-state index contributed by atoms with van der Waals surface area (Å²) in [7, 11) is 0. The van der Waals surface area contributed by atoms with Crippen LogP contribution in [0.25, 0.3) is 0 Å². The van der Waals surface area contributed by atoms with Gasteiger partial charge in [-0.25, -0.2) is 0 Å². The average Bonchev–Trinajstić information content (AvgIpc) is 2.47. The molecule has 1 aromatic rings. The maximum atomic E-state index is 12.2. The van der Waals surface area contributed by atoms with Crippen LogP contribution in [0, 0.1) is 6.92 Å². The van der Waals surface area contributed by atoms with Crippen molar-refractivity contribution in [2.45, 2.75) is 64.8 Å². The van der Waals surface area contributed by atoms with Crippen molar-refractivity contribution < 1.29 is 9.53 Å². The lowest BCUT2D eigenvalue weighted by molar-refractivity contribution is -0.145. The van der Waals surface area contributed by atoms with Crippen molar-refractivity contribution in [2.24, 2.45) is 0 Å². The van der Waals surface area contributed by atoms with Crippen LogP contribution in [0.2, 0.25) is 0 Å². The van der Waals surface area contributed by atoms with E-state index in [9.17, 15) is 4.79 Å². The molecule has 1 aliphatic rings. The number of piperidine rings is 1. The summed E-state index contributed by atoms with van der Waals surface area (Å²) in [5.74, 6) is -0.0720. The topological polar surface area (TPSA) is 29.5 Å². The van der Waals surface area contributed by atoms with E-state index in [1.165, 1.54) is 11.1 Å². The predicted octanol–water partition coefficient (Wildman–Crippen LogP) is 4.08. The first-order chi connectivity index (χ1) is 10.8. The average molecular weight is 317 g/mol. The second-order valence-electron chi connectivity index (χ2n) is 7.79. The zero-order valence-electron chi connectivity index (χ0n) is 15.3. The van der Waals surface area contributed by atoms with Crippen molar-refractivity contribution >= 4 is 5.97 Å². The Labute approximate surface area is 141 Å². The van der Waals surface area contributed by atoms with Gasteiger partial charge in [-0.05, 0) is 66.1 Å². The lowest BCUT2D eigenvalue weighted by atomic mass is 9.70. The molecule has 1 fully saturated rings. The largest absolute Gasteiger partial charge is 0.466 e. The number of hydrogen-bond acceptors (Lipinski definition) is 3. The summed E-state index contributed by atoms with van der Waals surface area (Å²) in [6, 6.07) is 8.69. The van der Waals surface area contributed by atoms with Crippen LogP contribution < -0.4 is 0 Å². The van der Waals surface area contributed by atoms with E-state index >= 15 is 0 Å². The number of aryl methyl sites for hydroxylation is 1. The highest BCUT2D eigenvalue weighted by atomic mass is 16.5. The third-order valence-corrected chi connectivity index (χ3v) is 5.12. The van der Waals surface area contributed by atoms with Crippen molar-refractivity contribution in [3.8, 4) is 0 Å². The van der Waals surface area contributed by atoms with E-state index in [4.69, 9.17) is 4.74 Å². The molecule has 0 bridgehead atoms. The molecule has 23 heavy (non-hydrogen) atoms. The molecule has 2 rings (SSSR count). The van der Waals surface area contributed by atoms with Crippen molar-refractivity contribution in [2.75, 3.05) is 19.7 Å². The molecule has 1 aromatic carbocycles. The highest BCUT2D eigenvalue weighted by Crippen LogP contribution is 2.40. The standard InChI is InChI=1S/C20H31NO2/c1-6-23-18(22)15-20(17-9-7-16(2)8-10-17)11-13-21(14-12-20)19(3,4)5/h7-10H,6,11-15H2,1-5H3. The molecule has 1 heterocycles. The molecule has 0 saturated carbocycles. The number of benzene rings is 1. The number of likely N-dealkylation sites (tertiary alicyclic amines) is 1. The van der Waals surface area contributed by atoms with Gasteiger partial charge < -0.3 is 4.74 Å². The molecule has 0 aromatic heterocycles. The minimum atomic E-state index is -0.0816. The van der Waals surface area contributed by atoms with Gasteiger partial charge in [0.1, 0.15) is 0 Å². The SMILES string of the molecule is CCOC(=O)CC1(c2ccc(C)cc2)CCN(C(C)(C)C)CC1. The van der Waals surface area contributed by atoms with Crippen LogP contribution in [0.4, 0.5) is 0 Å². The van der Waals surface area contributed by atoms with E-state index < -0.39 is 0 Å². The number of carbonyl (C=O) groups excluding carboxylic acids is 1. The fourth-order valence-electron chi connectivity index (χ4n) is 3.57. The van der Waals surface area contributed by atoms with E-state index in [1.54, 1.807) is 0 Å². The van der Waals surface area contributed by atoms with Gasteiger partial charge in [-0.2, -0.15) is 0 Å². The Bertz CT molecular complexity index is 520. The second-order valence-corrected chi connectivity index (χ2v) is 7.79. The molecule has 0 N–H and O–H groups in total. The molecule has 0 radical (unpaired) electrons. The van der Waals surface area contributed by atoms with Gasteiger partial charge in [-0.3, -0.25) is 9.69 Å². The summed E-state index contributed by atoms with van der Waals surface area (Å²) in [6.07, 6.45) is 2.50. The summed E-state index contributed by atoms with van der Waals surface area (Å²) >= 11 is 0. The summed E-state index contributed by atoms with van der Waals surface area (Å²) in [6.45, 7) is 13.3. The van der Waals surface area contributed by atoms with Crippen LogP contribution in [0.3, 0.4) is 0 Å². The van der Waals surface area contributed by atoms with Crippen LogP contribution in [0.15, 0.2) is 24.3 Å². The van der Waals surface area contributed by atoms with Gasteiger partial charge in [0.2, 0.25) is 0 Å². The molecule has 0 aliphatic carbocycles. The van der Waals surface area contributed by atoms with E-state index in [-0.39, 0.29) is 16.9 Å². The summed E-state index contributed by atoms with van der Waals surface area (Å²) in [4.78, 5) is 14.7. The summed E-state index contributed by atoms with van der Waals surface area (Å²) in [5, 5.41) is 0. The van der Waals surface area contributed by atoms with Crippen molar-refractivity contribution in [3.63, 3.8) is 0 Å². The molecule has 3 nitrogen and oxygen atoms in total. The fourth-order valence-corrected chi connectivity index (χ4v) is 3.57. The zero-order valence-corrected chi connectivity index (χ0v) is 15.3. The Morgan fingerprint density at radius 2 is 1.74 bits per heavy atom. The zero-order chi connectivity index (χ0) is 17.1. The molecule has 0 atom stereocenters. The first-order valence-electron chi connectivity index (χ1n) is 8.75. The van der Waals surface area contributed by atoms with Crippen molar-refractivity contribution in [1.82, 2.24) is 4.90 Å². The van der Waals surface area contributed by atoms with Crippen molar-refractivity contribution in [1.29, 1.82) is 0 Å². The van der Waals surface area contributed by atoms with Gasteiger partial charge >= 0.3 is 5.97 Å². The number of ether oxygens (including phenoxy) is 1. The fraction of sp³-hybridized carbons (Fsp3) is 0.650. The Morgan fingerprint density at radius 1 is 1.17 bits per heavy atom. The van der Waals surface area contributed by atoms with Gasteiger partial charge in [0.15, 0.2) is 0 Å². The van der Waals surface area contributed by atoms with Crippen LogP contribution in [0.5, 0.6) is 0 Å². The minimum absolute atomic E-state index is 0.0720. The number of carbonyl (C=O) groups is 1. The molecule has 128 valence electrons. The Balaban J connectivity index is 2.23. The molecule has 1 aliphatic heterocycles. The van der Waals surface area contributed by atoms with Crippen LogP contribution >= 0.6 is 0 Å². The Kier molecular flexibility index (Phi) is 5.51. The van der Waals surface area contributed by atoms with Gasteiger partial charge in [-0.15, -0.1) is 0 Å². The third-order valence-electron chi connectivity index (χ3n) is 5.12. The predicted molar refractivity (Wildman–Crippen MR) is 94.7 cm³/mol. The van der Waals surface area contributed by atoms with Crippen molar-refractivity contribution in [3.05, 3.63) is 35.4 Å². The van der Waals surface area contributed by atoms with E-state index in [0.717, 1.165) is 25.9 Å². The number of nitrogens with zero attached hydrogens (tertiary/aromatic N) is 1. The van der Waals surface area contributed by atoms with Crippen LogP contribution in [-0.2, 0) is 14.9 Å². The highest BCUT2D eigenvalue weighted by molar-refractivity contribution is 5.71. The monoisotopic (exact) mass is 317 g/mol. The molecule has 0 unspecified atom stereocenters. The molecular formula is C20H31NO2. The molecule has 0 spiro atoms. The quantitative estimate of drug-likeness (QED) is 0.784. The van der Waals surface area contributed by atoms with E-state index in [0.29, 0.717) is 13.0 Å². The molecule has 1 saturated heterocycles. The first-order valence-corrected chi connectivity index (χ1v) is 8.75. The summed E-state index contributed by atoms with van der Waals surface area (Å²) < 4.78 is 5.26. The molecule has 3 heteroatoms. The maximum Gasteiger partial charge on any atom is 0.306 e. The third kappa shape index (κ3) is 4.35.